The van der Waals surface area contributed by atoms with Crippen LogP contribution in [0.3, 0.4) is 0 Å². The molecule has 1 fully saturated rings. The predicted octanol–water partition coefficient (Wildman–Crippen LogP) is 1.47. The molecule has 2 aliphatic heterocycles. The molecule has 0 radical (unpaired) electrons. The fourth-order valence-electron chi connectivity index (χ4n) is 1.93. The zero-order chi connectivity index (χ0) is 13.4. The van der Waals surface area contributed by atoms with Crippen LogP contribution in [0.5, 0.6) is 0 Å². The molecular weight excluding hydrogens is 278 g/mol. The van der Waals surface area contributed by atoms with E-state index in [-0.39, 0.29) is 17.2 Å². The molecule has 100 valence electrons. The molecule has 2 aliphatic rings. The summed E-state index contributed by atoms with van der Waals surface area (Å²) in [6.07, 6.45) is -2.18. The number of thioether (sulfide) groups is 2. The van der Waals surface area contributed by atoms with Crippen molar-refractivity contribution in [3.8, 4) is 0 Å². The van der Waals surface area contributed by atoms with E-state index in [4.69, 9.17) is 5.11 Å². The molecular formula is C10H13NO5S2. The first kappa shape index (κ1) is 13.6. The maximum Gasteiger partial charge on any atom is 0.512 e. The monoisotopic (exact) mass is 291 g/mol. The van der Waals surface area contributed by atoms with E-state index in [1.807, 2.05) is 6.92 Å². The van der Waals surface area contributed by atoms with Crippen molar-refractivity contribution >= 4 is 35.6 Å². The summed E-state index contributed by atoms with van der Waals surface area (Å²) in [6.45, 7) is 3.49. The number of aliphatic hydroxyl groups is 1. The van der Waals surface area contributed by atoms with Crippen molar-refractivity contribution in [3.63, 3.8) is 0 Å². The fraction of sp³-hybridized carbons (Fsp3) is 0.600. The van der Waals surface area contributed by atoms with Crippen LogP contribution in [0, 0.1) is 5.92 Å². The standard InChI is InChI=1S/C10H13NO5S2/c1-3-17-9-7(16-10(14)15)11-6(13)5(4(2)12)8(11)18-9/h4-5,8,12H,3H2,1-2H3,(H,14,15)/t4?,5?,8-/m0/s1. The van der Waals surface area contributed by atoms with Gasteiger partial charge in [0.2, 0.25) is 11.8 Å². The number of amides is 1. The number of nitrogens with zero attached hydrogens (tertiary/aromatic N) is 1. The van der Waals surface area contributed by atoms with Gasteiger partial charge in [0.05, 0.1) is 12.0 Å². The summed E-state index contributed by atoms with van der Waals surface area (Å²) in [5.74, 6) is 0.0668. The van der Waals surface area contributed by atoms with Crippen molar-refractivity contribution in [2.75, 3.05) is 5.75 Å². The Morgan fingerprint density at radius 1 is 1.67 bits per heavy atom. The number of carboxylic acid groups (broad SMARTS) is 1. The van der Waals surface area contributed by atoms with Crippen molar-refractivity contribution < 1.29 is 24.5 Å². The number of carbonyl (C=O) groups is 2. The highest BCUT2D eigenvalue weighted by atomic mass is 32.2. The molecule has 0 aromatic carbocycles. The molecule has 0 aliphatic carbocycles. The largest absolute Gasteiger partial charge is 0.512 e. The average molecular weight is 291 g/mol. The molecule has 8 heteroatoms. The first-order valence-electron chi connectivity index (χ1n) is 5.43. The van der Waals surface area contributed by atoms with E-state index in [2.05, 4.69) is 4.74 Å². The summed E-state index contributed by atoms with van der Waals surface area (Å²) in [4.78, 5) is 23.8. The van der Waals surface area contributed by atoms with Crippen molar-refractivity contribution in [2.24, 2.45) is 5.92 Å². The summed E-state index contributed by atoms with van der Waals surface area (Å²) < 4.78 is 5.37. The number of carbonyl (C=O) groups excluding carboxylic acids is 1. The summed E-state index contributed by atoms with van der Waals surface area (Å²) in [5.41, 5.74) is 0. The third-order valence-corrected chi connectivity index (χ3v) is 5.19. The molecule has 0 saturated carbocycles. The second kappa shape index (κ2) is 5.02. The lowest BCUT2D eigenvalue weighted by molar-refractivity contribution is -0.155. The van der Waals surface area contributed by atoms with Crippen LogP contribution >= 0.6 is 23.5 Å². The Bertz CT molecular complexity index is 422. The van der Waals surface area contributed by atoms with Crippen LogP contribution in [0.15, 0.2) is 10.1 Å². The lowest BCUT2D eigenvalue weighted by Gasteiger charge is -2.43. The van der Waals surface area contributed by atoms with Gasteiger partial charge in [-0.15, -0.1) is 11.8 Å². The highest BCUT2D eigenvalue weighted by Crippen LogP contribution is 2.53. The Morgan fingerprint density at radius 2 is 2.33 bits per heavy atom. The highest BCUT2D eigenvalue weighted by molar-refractivity contribution is 8.22. The van der Waals surface area contributed by atoms with Crippen LogP contribution in [0.1, 0.15) is 13.8 Å². The third kappa shape index (κ3) is 2.08. The van der Waals surface area contributed by atoms with Crippen LogP contribution in [0.4, 0.5) is 4.79 Å². The highest BCUT2D eigenvalue weighted by Gasteiger charge is 2.57. The molecule has 6 nitrogen and oxygen atoms in total. The zero-order valence-corrected chi connectivity index (χ0v) is 11.5. The van der Waals surface area contributed by atoms with Gasteiger partial charge in [-0.3, -0.25) is 9.69 Å². The maximum absolute atomic E-state index is 11.9. The van der Waals surface area contributed by atoms with Gasteiger partial charge < -0.3 is 14.9 Å². The Labute approximate surface area is 112 Å². The van der Waals surface area contributed by atoms with Crippen LogP contribution in [0.2, 0.25) is 0 Å². The minimum Gasteiger partial charge on any atom is -0.449 e. The molecule has 2 unspecified atom stereocenters. The van der Waals surface area contributed by atoms with E-state index < -0.39 is 18.2 Å². The Hall–Kier alpha value is -0.860. The number of aliphatic hydroxyl groups excluding tert-OH is 1. The maximum atomic E-state index is 11.9. The molecule has 2 heterocycles. The van der Waals surface area contributed by atoms with Gasteiger partial charge in [0.1, 0.15) is 9.61 Å². The van der Waals surface area contributed by atoms with Gasteiger partial charge in [-0.25, -0.2) is 4.79 Å². The molecule has 2 rings (SSSR count). The van der Waals surface area contributed by atoms with Gasteiger partial charge in [-0.1, -0.05) is 18.7 Å². The topological polar surface area (TPSA) is 87.1 Å². The van der Waals surface area contributed by atoms with Crippen LogP contribution in [-0.4, -0.2) is 44.4 Å². The lowest BCUT2D eigenvalue weighted by Crippen LogP contribution is -2.60. The number of hydrogen-bond donors (Lipinski definition) is 2. The molecule has 2 N–H and O–H groups in total. The van der Waals surface area contributed by atoms with Gasteiger partial charge in [-0.05, 0) is 12.7 Å². The second-order valence-electron chi connectivity index (χ2n) is 3.88. The minimum absolute atomic E-state index is 0.0891. The van der Waals surface area contributed by atoms with Crippen molar-refractivity contribution in [1.29, 1.82) is 0 Å². The van der Waals surface area contributed by atoms with Gasteiger partial charge in [-0.2, -0.15) is 0 Å². The van der Waals surface area contributed by atoms with Crippen LogP contribution in [0.25, 0.3) is 0 Å². The first-order valence-corrected chi connectivity index (χ1v) is 7.29. The summed E-state index contributed by atoms with van der Waals surface area (Å²) >= 11 is 2.81. The number of fused-ring (bicyclic) bond motifs is 1. The quantitative estimate of drug-likeness (QED) is 0.599. The van der Waals surface area contributed by atoms with E-state index in [9.17, 15) is 14.7 Å². The minimum atomic E-state index is -1.44. The molecule has 0 aromatic heterocycles. The molecule has 1 saturated heterocycles. The smallest absolute Gasteiger partial charge is 0.449 e. The average Bonchev–Trinajstić information content (AvgIpc) is 2.52. The number of β-lactam (4-membered cyclic amide) rings is 1. The van der Waals surface area contributed by atoms with E-state index in [0.717, 1.165) is 5.75 Å². The summed E-state index contributed by atoms with van der Waals surface area (Å²) in [6, 6.07) is 0. The van der Waals surface area contributed by atoms with Crippen molar-refractivity contribution in [3.05, 3.63) is 10.1 Å². The first-order chi connectivity index (χ1) is 8.47. The Kier molecular flexibility index (Phi) is 3.79. The molecule has 3 atom stereocenters. The SMILES string of the molecule is CCSC1=C(OC(=O)O)N2C(=O)C(C(C)O)[C@@H]2S1. The number of rotatable bonds is 4. The van der Waals surface area contributed by atoms with Gasteiger partial charge in [0.15, 0.2) is 0 Å². The van der Waals surface area contributed by atoms with Crippen molar-refractivity contribution in [1.82, 2.24) is 4.90 Å². The molecule has 1 amide bonds. The lowest BCUT2D eigenvalue weighted by atomic mass is 9.93. The van der Waals surface area contributed by atoms with E-state index in [0.29, 0.717) is 4.24 Å². The molecule has 18 heavy (non-hydrogen) atoms. The normalized spacial score (nSPS) is 27.9. The molecule has 0 bridgehead atoms. The Morgan fingerprint density at radius 3 is 2.83 bits per heavy atom. The van der Waals surface area contributed by atoms with Crippen LogP contribution < -0.4 is 0 Å². The van der Waals surface area contributed by atoms with Crippen molar-refractivity contribution in [2.45, 2.75) is 25.3 Å². The van der Waals surface area contributed by atoms with E-state index in [1.165, 1.54) is 28.4 Å². The van der Waals surface area contributed by atoms with Gasteiger partial charge in [0, 0.05) is 0 Å². The van der Waals surface area contributed by atoms with E-state index >= 15 is 0 Å². The summed E-state index contributed by atoms with van der Waals surface area (Å²) in [7, 11) is 0. The number of hydrogen-bond acceptors (Lipinski definition) is 6. The third-order valence-electron chi connectivity index (χ3n) is 2.68. The molecule has 0 aromatic rings. The predicted molar refractivity (Wildman–Crippen MR) is 67.7 cm³/mol. The van der Waals surface area contributed by atoms with E-state index in [1.54, 1.807) is 6.92 Å². The Balaban J connectivity index is 2.21. The fourth-order valence-corrected chi connectivity index (χ4v) is 4.63. The second-order valence-corrected chi connectivity index (χ2v) is 6.54. The molecule has 0 spiro atoms. The zero-order valence-electron chi connectivity index (χ0n) is 9.82. The van der Waals surface area contributed by atoms with Crippen LogP contribution in [-0.2, 0) is 9.53 Å². The van der Waals surface area contributed by atoms with Gasteiger partial charge >= 0.3 is 6.16 Å². The number of ether oxygens (including phenoxy) is 1. The summed E-state index contributed by atoms with van der Waals surface area (Å²) in [5, 5.41) is 18.0. The van der Waals surface area contributed by atoms with Gasteiger partial charge in [0.25, 0.3) is 0 Å².